The van der Waals surface area contributed by atoms with Gasteiger partial charge >= 0.3 is 0 Å². The number of hydrogen-bond donors (Lipinski definition) is 1. The Morgan fingerprint density at radius 1 is 1.29 bits per heavy atom. The Balaban J connectivity index is 3.51. The van der Waals surface area contributed by atoms with E-state index < -0.39 is 0 Å². The van der Waals surface area contributed by atoms with Gasteiger partial charge in [0.05, 0.1) is 0 Å². The first-order valence-corrected chi connectivity index (χ1v) is 4.65. The van der Waals surface area contributed by atoms with E-state index in [1.807, 2.05) is 13.8 Å². The summed E-state index contributed by atoms with van der Waals surface area (Å²) in [5.41, 5.74) is 2.77. The van der Waals surface area contributed by atoms with Gasteiger partial charge in [0.1, 0.15) is 11.4 Å². The number of phenolic OH excluding ortho intramolecular Hbond substituents is 1. The van der Waals surface area contributed by atoms with Gasteiger partial charge in [0.25, 0.3) is 0 Å². The van der Waals surface area contributed by atoms with Crippen LogP contribution < -0.4 is 0 Å². The molecule has 0 amide bonds. The Hall–Kier alpha value is -1.38. The lowest BCUT2D eigenvalue weighted by atomic mass is 9.95. The molecule has 0 aliphatic rings. The summed E-state index contributed by atoms with van der Waals surface area (Å²) in [7, 11) is 0. The molecule has 14 heavy (non-hydrogen) atoms. The third kappa shape index (κ3) is 1.62. The van der Waals surface area contributed by atoms with Gasteiger partial charge in [-0.1, -0.05) is 13.8 Å². The average molecular weight is 193 g/mol. The molecule has 1 aromatic rings. The van der Waals surface area contributed by atoms with Crippen LogP contribution in [0.1, 0.15) is 36.5 Å². The van der Waals surface area contributed by atoms with Crippen LogP contribution in [0, 0.1) is 18.8 Å². The van der Waals surface area contributed by atoms with E-state index in [1.165, 1.54) is 0 Å². The zero-order chi connectivity index (χ0) is 10.9. The Morgan fingerprint density at radius 3 is 2.29 bits per heavy atom. The van der Waals surface area contributed by atoms with Crippen LogP contribution >= 0.6 is 0 Å². The maximum absolute atomic E-state index is 10.7. The zero-order valence-electron chi connectivity index (χ0n) is 8.96. The SMILES string of the molecule is Cc1c(O)cc(C(C)C)c(N=O)c1C. The molecule has 0 spiro atoms. The molecule has 1 N–H and O–H groups in total. The molecule has 0 atom stereocenters. The molecular formula is C11H15NO2. The van der Waals surface area contributed by atoms with Crippen molar-refractivity contribution < 1.29 is 5.11 Å². The van der Waals surface area contributed by atoms with Gasteiger partial charge in [-0.25, -0.2) is 0 Å². The summed E-state index contributed by atoms with van der Waals surface area (Å²) >= 11 is 0. The molecule has 0 aromatic heterocycles. The standard InChI is InChI=1S/C11H15NO2/c1-6(2)9-5-10(13)7(3)8(4)11(9)12-14/h5-6,13H,1-4H3. The molecule has 0 saturated carbocycles. The minimum absolute atomic E-state index is 0.188. The molecule has 76 valence electrons. The molecule has 0 aliphatic heterocycles. The highest BCUT2D eigenvalue weighted by molar-refractivity contribution is 5.60. The second kappa shape index (κ2) is 3.78. The number of nitrogens with zero attached hydrogens (tertiary/aromatic N) is 1. The fourth-order valence-corrected chi connectivity index (χ4v) is 1.47. The summed E-state index contributed by atoms with van der Waals surface area (Å²) in [6.45, 7) is 7.53. The number of rotatable bonds is 2. The van der Waals surface area contributed by atoms with Gasteiger partial charge in [0.2, 0.25) is 0 Å². The first-order valence-electron chi connectivity index (χ1n) is 4.65. The molecular weight excluding hydrogens is 178 g/mol. The van der Waals surface area contributed by atoms with Crippen molar-refractivity contribution in [2.24, 2.45) is 5.18 Å². The third-order valence-electron chi connectivity index (χ3n) is 2.58. The molecule has 1 rings (SSSR count). The van der Waals surface area contributed by atoms with Crippen molar-refractivity contribution in [3.05, 3.63) is 27.7 Å². The minimum Gasteiger partial charge on any atom is -0.508 e. The predicted octanol–water partition coefficient (Wildman–Crippen LogP) is 3.53. The van der Waals surface area contributed by atoms with Crippen LogP contribution in [0.5, 0.6) is 5.75 Å². The molecule has 1 aromatic carbocycles. The maximum Gasteiger partial charge on any atom is 0.119 e. The van der Waals surface area contributed by atoms with Crippen LogP contribution in [-0.4, -0.2) is 5.11 Å². The van der Waals surface area contributed by atoms with Gasteiger partial charge < -0.3 is 5.11 Å². The first kappa shape index (κ1) is 10.7. The summed E-state index contributed by atoms with van der Waals surface area (Å²) in [6, 6.07) is 1.63. The van der Waals surface area contributed by atoms with Crippen LogP contribution in [0.15, 0.2) is 11.2 Å². The van der Waals surface area contributed by atoms with Crippen molar-refractivity contribution in [3.8, 4) is 5.75 Å². The van der Waals surface area contributed by atoms with E-state index in [2.05, 4.69) is 5.18 Å². The summed E-state index contributed by atoms with van der Waals surface area (Å²) in [5, 5.41) is 12.6. The molecule has 3 nitrogen and oxygen atoms in total. The molecule has 0 fully saturated rings. The average Bonchev–Trinajstić information content (AvgIpc) is 2.13. The summed E-state index contributed by atoms with van der Waals surface area (Å²) in [5.74, 6) is 0.423. The number of phenols is 1. The van der Waals surface area contributed by atoms with E-state index in [-0.39, 0.29) is 11.7 Å². The molecule has 0 unspecified atom stereocenters. The predicted molar refractivity (Wildman–Crippen MR) is 57.1 cm³/mol. The van der Waals surface area contributed by atoms with Crippen molar-refractivity contribution in [3.63, 3.8) is 0 Å². The van der Waals surface area contributed by atoms with E-state index >= 15 is 0 Å². The van der Waals surface area contributed by atoms with E-state index in [9.17, 15) is 10.0 Å². The Kier molecular flexibility index (Phi) is 2.89. The molecule has 0 aliphatic carbocycles. The van der Waals surface area contributed by atoms with Crippen molar-refractivity contribution in [1.29, 1.82) is 0 Å². The lowest BCUT2D eigenvalue weighted by molar-refractivity contribution is 0.469. The van der Waals surface area contributed by atoms with Crippen molar-refractivity contribution in [2.45, 2.75) is 33.6 Å². The Labute approximate surface area is 83.7 Å². The highest BCUT2D eigenvalue weighted by atomic mass is 16.3. The van der Waals surface area contributed by atoms with Gasteiger partial charge in [0.15, 0.2) is 0 Å². The second-order valence-electron chi connectivity index (χ2n) is 3.83. The maximum atomic E-state index is 10.7. The van der Waals surface area contributed by atoms with Gasteiger partial charge in [-0.05, 0) is 47.7 Å². The Bertz CT molecular complexity index is 370. The van der Waals surface area contributed by atoms with Gasteiger partial charge in [-0.2, -0.15) is 0 Å². The van der Waals surface area contributed by atoms with Crippen LogP contribution in [-0.2, 0) is 0 Å². The molecule has 0 heterocycles. The zero-order valence-corrected chi connectivity index (χ0v) is 8.96. The molecule has 0 saturated heterocycles. The van der Waals surface area contributed by atoms with E-state index in [0.717, 1.165) is 16.7 Å². The van der Waals surface area contributed by atoms with Crippen LogP contribution in [0.2, 0.25) is 0 Å². The quantitative estimate of drug-likeness (QED) is 0.730. The monoisotopic (exact) mass is 193 g/mol. The van der Waals surface area contributed by atoms with E-state index in [4.69, 9.17) is 0 Å². The topological polar surface area (TPSA) is 49.7 Å². The largest absolute Gasteiger partial charge is 0.508 e. The highest BCUT2D eigenvalue weighted by Gasteiger charge is 2.14. The number of nitroso groups, excluding NO2 is 1. The highest BCUT2D eigenvalue weighted by Crippen LogP contribution is 2.36. The number of benzene rings is 1. The van der Waals surface area contributed by atoms with Crippen molar-refractivity contribution in [1.82, 2.24) is 0 Å². The summed E-state index contributed by atoms with van der Waals surface area (Å²) in [4.78, 5) is 10.7. The van der Waals surface area contributed by atoms with Gasteiger partial charge in [0, 0.05) is 0 Å². The smallest absolute Gasteiger partial charge is 0.119 e. The molecule has 0 radical (unpaired) electrons. The van der Waals surface area contributed by atoms with Crippen LogP contribution in [0.4, 0.5) is 5.69 Å². The van der Waals surface area contributed by atoms with Crippen molar-refractivity contribution in [2.75, 3.05) is 0 Å². The third-order valence-corrected chi connectivity index (χ3v) is 2.58. The van der Waals surface area contributed by atoms with Crippen LogP contribution in [0.3, 0.4) is 0 Å². The van der Waals surface area contributed by atoms with Crippen LogP contribution in [0.25, 0.3) is 0 Å². The minimum atomic E-state index is 0.188. The summed E-state index contributed by atoms with van der Waals surface area (Å²) in [6.07, 6.45) is 0. The summed E-state index contributed by atoms with van der Waals surface area (Å²) < 4.78 is 0. The lowest BCUT2D eigenvalue weighted by Crippen LogP contribution is -1.93. The molecule has 0 bridgehead atoms. The fraction of sp³-hybridized carbons (Fsp3) is 0.455. The van der Waals surface area contributed by atoms with Gasteiger partial charge in [-0.3, -0.25) is 0 Å². The first-order chi connectivity index (χ1) is 6.49. The number of hydrogen-bond acceptors (Lipinski definition) is 3. The number of aromatic hydroxyl groups is 1. The van der Waals surface area contributed by atoms with E-state index in [1.54, 1.807) is 19.9 Å². The fourth-order valence-electron chi connectivity index (χ4n) is 1.47. The Morgan fingerprint density at radius 2 is 1.86 bits per heavy atom. The van der Waals surface area contributed by atoms with Gasteiger partial charge in [-0.15, -0.1) is 4.91 Å². The second-order valence-corrected chi connectivity index (χ2v) is 3.83. The van der Waals surface area contributed by atoms with E-state index in [0.29, 0.717) is 5.69 Å². The molecule has 3 heteroatoms. The lowest BCUT2D eigenvalue weighted by Gasteiger charge is -2.13. The normalized spacial score (nSPS) is 10.6. The van der Waals surface area contributed by atoms with Crippen molar-refractivity contribution >= 4 is 5.69 Å².